The van der Waals surface area contributed by atoms with Crippen molar-refractivity contribution >= 4 is 17.6 Å². The van der Waals surface area contributed by atoms with Crippen LogP contribution in [0.4, 0.5) is 0 Å². The Kier molecular flexibility index (Phi) is 5.79. The first-order valence-electron chi connectivity index (χ1n) is 6.09. The van der Waals surface area contributed by atoms with E-state index in [0.29, 0.717) is 17.0 Å². The molecule has 0 aliphatic carbocycles. The van der Waals surface area contributed by atoms with Crippen LogP contribution in [0.3, 0.4) is 0 Å². The molecule has 0 fully saturated rings. The molecular weight excluding hydrogens is 266 g/mol. The van der Waals surface area contributed by atoms with Crippen molar-refractivity contribution in [3.8, 4) is 0 Å². The van der Waals surface area contributed by atoms with Gasteiger partial charge in [0.25, 0.3) is 0 Å². The highest BCUT2D eigenvalue weighted by Crippen LogP contribution is 2.22. The lowest BCUT2D eigenvalue weighted by atomic mass is 10.1. The molecular formula is C14H20ClNO3. The second-order valence-corrected chi connectivity index (χ2v) is 5.29. The lowest BCUT2D eigenvalue weighted by molar-refractivity contribution is -0.146. The summed E-state index contributed by atoms with van der Waals surface area (Å²) in [4.78, 5) is 11.8. The number of carbonyl (C=O) groups is 1. The van der Waals surface area contributed by atoms with Crippen molar-refractivity contribution in [3.05, 3.63) is 34.9 Å². The molecule has 0 spiro atoms. The third-order valence-corrected chi connectivity index (χ3v) is 3.34. The largest absolute Gasteiger partial charge is 0.464 e. The van der Waals surface area contributed by atoms with Gasteiger partial charge in [-0.1, -0.05) is 29.8 Å². The highest BCUT2D eigenvalue weighted by molar-refractivity contribution is 6.31. The number of halogens is 1. The Morgan fingerprint density at radius 3 is 2.63 bits per heavy atom. The first kappa shape index (κ1) is 16.0. The summed E-state index contributed by atoms with van der Waals surface area (Å²) in [5.41, 5.74) is 6.08. The fourth-order valence-electron chi connectivity index (χ4n) is 1.44. The monoisotopic (exact) mass is 285 g/mol. The molecule has 0 saturated heterocycles. The zero-order valence-electron chi connectivity index (χ0n) is 11.5. The predicted molar refractivity (Wildman–Crippen MR) is 75.0 cm³/mol. The van der Waals surface area contributed by atoms with Gasteiger partial charge < -0.3 is 15.2 Å². The van der Waals surface area contributed by atoms with Gasteiger partial charge in [-0.15, -0.1) is 0 Å². The predicted octanol–water partition coefficient (Wildman–Crippen LogP) is 2.70. The average molecular weight is 286 g/mol. The van der Waals surface area contributed by atoms with Crippen LogP contribution in [-0.4, -0.2) is 25.3 Å². The zero-order valence-corrected chi connectivity index (χ0v) is 12.2. The van der Waals surface area contributed by atoms with E-state index in [-0.39, 0.29) is 12.2 Å². The van der Waals surface area contributed by atoms with Crippen LogP contribution in [0.1, 0.15) is 31.9 Å². The fourth-order valence-corrected chi connectivity index (χ4v) is 1.70. The van der Waals surface area contributed by atoms with Crippen LogP contribution in [0.15, 0.2) is 24.3 Å². The van der Waals surface area contributed by atoms with Gasteiger partial charge in [-0.05, 0) is 25.5 Å². The fraction of sp³-hybridized carbons (Fsp3) is 0.500. The summed E-state index contributed by atoms with van der Waals surface area (Å²) < 4.78 is 10.4. The molecule has 0 aromatic heterocycles. The summed E-state index contributed by atoms with van der Waals surface area (Å²) in [7, 11) is 1.62. The third-order valence-electron chi connectivity index (χ3n) is 3.00. The number of ether oxygens (including phenoxy) is 2. The smallest absolute Gasteiger partial charge is 0.327 e. The molecule has 1 atom stereocenters. The van der Waals surface area contributed by atoms with Gasteiger partial charge in [0, 0.05) is 18.6 Å². The molecule has 5 heteroatoms. The summed E-state index contributed by atoms with van der Waals surface area (Å²) in [6, 6.07) is 6.11. The number of nitrogens with two attached hydrogens (primary N) is 1. The van der Waals surface area contributed by atoms with E-state index in [4.69, 9.17) is 26.8 Å². The van der Waals surface area contributed by atoms with Gasteiger partial charge in [0.05, 0.1) is 12.2 Å². The van der Waals surface area contributed by atoms with Gasteiger partial charge in [0.2, 0.25) is 0 Å². The number of hydrogen-bond donors (Lipinski definition) is 1. The minimum atomic E-state index is -0.862. The van der Waals surface area contributed by atoms with Crippen LogP contribution in [0.2, 0.25) is 5.02 Å². The van der Waals surface area contributed by atoms with E-state index in [9.17, 15) is 4.79 Å². The summed E-state index contributed by atoms with van der Waals surface area (Å²) in [5.74, 6) is -0.486. The molecule has 0 aliphatic rings. The van der Waals surface area contributed by atoms with Crippen molar-refractivity contribution in [2.75, 3.05) is 13.7 Å². The topological polar surface area (TPSA) is 61.5 Å². The minimum Gasteiger partial charge on any atom is -0.464 e. The van der Waals surface area contributed by atoms with Crippen molar-refractivity contribution in [1.82, 2.24) is 0 Å². The molecule has 0 unspecified atom stereocenters. The second kappa shape index (κ2) is 6.89. The van der Waals surface area contributed by atoms with Crippen LogP contribution in [0.5, 0.6) is 0 Å². The molecule has 19 heavy (non-hydrogen) atoms. The molecule has 0 radical (unpaired) electrons. The Bertz CT molecular complexity index is 434. The van der Waals surface area contributed by atoms with Crippen LogP contribution < -0.4 is 5.73 Å². The van der Waals surface area contributed by atoms with E-state index in [1.54, 1.807) is 31.4 Å². The number of hydrogen-bond acceptors (Lipinski definition) is 4. The maximum absolute atomic E-state index is 11.8. The van der Waals surface area contributed by atoms with Gasteiger partial charge in [-0.2, -0.15) is 0 Å². The van der Waals surface area contributed by atoms with Crippen LogP contribution in [-0.2, 0) is 14.3 Å². The molecule has 1 aromatic rings. The van der Waals surface area contributed by atoms with Crippen LogP contribution in [0, 0.1) is 0 Å². The van der Waals surface area contributed by atoms with E-state index in [0.717, 1.165) is 0 Å². The van der Waals surface area contributed by atoms with Gasteiger partial charge in [-0.3, -0.25) is 0 Å². The van der Waals surface area contributed by atoms with Crippen molar-refractivity contribution in [2.24, 2.45) is 5.73 Å². The lowest BCUT2D eigenvalue weighted by Gasteiger charge is -2.22. The quantitative estimate of drug-likeness (QED) is 0.816. The molecule has 1 aromatic carbocycles. The van der Waals surface area contributed by atoms with Crippen molar-refractivity contribution in [3.63, 3.8) is 0 Å². The Hall–Kier alpha value is -1.10. The van der Waals surface area contributed by atoms with Gasteiger partial charge in [-0.25, -0.2) is 4.79 Å². The second-order valence-electron chi connectivity index (χ2n) is 4.88. The van der Waals surface area contributed by atoms with Crippen molar-refractivity contribution in [1.29, 1.82) is 0 Å². The van der Waals surface area contributed by atoms with Crippen molar-refractivity contribution < 1.29 is 14.3 Å². The van der Waals surface area contributed by atoms with E-state index in [1.807, 2.05) is 13.8 Å². The van der Waals surface area contributed by atoms with E-state index in [1.165, 1.54) is 0 Å². The molecule has 2 N–H and O–H groups in total. The van der Waals surface area contributed by atoms with Gasteiger partial charge in [0.1, 0.15) is 6.04 Å². The van der Waals surface area contributed by atoms with E-state index >= 15 is 0 Å². The Balaban J connectivity index is 2.53. The number of esters is 1. The number of methoxy groups -OCH3 is 1. The molecule has 0 saturated carbocycles. The SMILES string of the molecule is COC(C)(C)CCOC(=O)[C@H](N)c1ccccc1Cl. The van der Waals surface area contributed by atoms with Gasteiger partial charge >= 0.3 is 5.97 Å². The third kappa shape index (κ3) is 4.82. The molecule has 4 nitrogen and oxygen atoms in total. The summed E-state index contributed by atoms with van der Waals surface area (Å²) in [5, 5.41) is 0.462. The average Bonchev–Trinajstić information content (AvgIpc) is 2.38. The number of rotatable bonds is 6. The normalized spacial score (nSPS) is 13.1. The highest BCUT2D eigenvalue weighted by atomic mass is 35.5. The first-order chi connectivity index (χ1) is 8.87. The summed E-state index contributed by atoms with van der Waals surface area (Å²) >= 11 is 5.98. The summed E-state index contributed by atoms with van der Waals surface area (Å²) in [6.07, 6.45) is 0.602. The molecule has 0 bridgehead atoms. The lowest BCUT2D eigenvalue weighted by Crippen LogP contribution is -2.28. The van der Waals surface area contributed by atoms with E-state index in [2.05, 4.69) is 0 Å². The number of carbonyl (C=O) groups excluding carboxylic acids is 1. The van der Waals surface area contributed by atoms with Crippen LogP contribution in [0.25, 0.3) is 0 Å². The van der Waals surface area contributed by atoms with Crippen molar-refractivity contribution in [2.45, 2.75) is 31.9 Å². The molecule has 106 valence electrons. The molecule has 0 amide bonds. The first-order valence-corrected chi connectivity index (χ1v) is 6.47. The minimum absolute atomic E-state index is 0.262. The van der Waals surface area contributed by atoms with E-state index < -0.39 is 12.0 Å². The van der Waals surface area contributed by atoms with Crippen LogP contribution >= 0.6 is 11.6 Å². The van der Waals surface area contributed by atoms with Gasteiger partial charge in [0.15, 0.2) is 0 Å². The number of benzene rings is 1. The highest BCUT2D eigenvalue weighted by Gasteiger charge is 2.21. The molecule has 0 heterocycles. The Morgan fingerprint density at radius 1 is 1.42 bits per heavy atom. The Labute approximate surface area is 118 Å². The summed E-state index contributed by atoms with van der Waals surface area (Å²) in [6.45, 7) is 4.11. The Morgan fingerprint density at radius 2 is 2.05 bits per heavy atom. The molecule has 0 aliphatic heterocycles. The standard InChI is InChI=1S/C14H20ClNO3/c1-14(2,18-3)8-9-19-13(17)12(16)10-6-4-5-7-11(10)15/h4-7,12H,8-9,16H2,1-3H3/t12-/m1/s1. The maximum atomic E-state index is 11.8. The molecule has 1 rings (SSSR count). The maximum Gasteiger partial charge on any atom is 0.327 e. The zero-order chi connectivity index (χ0) is 14.5.